The number of hydrogen-bond donors (Lipinski definition) is 2. The SMILES string of the molecule is CC(=O)c1sc(NC(=O)N[C@@H]2CN(CC(=O)N(C)C)CC[C@H]2CN2CCC[C@@H](Cc3ccc(F)cc3)C2)nc1C. The van der Waals surface area contributed by atoms with Gasteiger partial charge < -0.3 is 15.1 Å². The molecule has 2 N–H and O–H groups in total. The first kappa shape index (κ1) is 30.1. The van der Waals surface area contributed by atoms with E-state index in [0.717, 1.165) is 57.4 Å². The van der Waals surface area contributed by atoms with Gasteiger partial charge in [0, 0.05) is 46.7 Å². The van der Waals surface area contributed by atoms with Crippen LogP contribution in [0.25, 0.3) is 0 Å². The van der Waals surface area contributed by atoms with Crippen LogP contribution in [0, 0.1) is 24.6 Å². The molecule has 2 aromatic rings. The van der Waals surface area contributed by atoms with E-state index >= 15 is 0 Å². The zero-order valence-electron chi connectivity index (χ0n) is 23.9. The van der Waals surface area contributed by atoms with Crippen LogP contribution in [0.2, 0.25) is 0 Å². The van der Waals surface area contributed by atoms with Crippen molar-refractivity contribution in [3.05, 3.63) is 46.2 Å². The third-order valence-electron chi connectivity index (χ3n) is 7.88. The molecule has 0 bridgehead atoms. The number of halogens is 1. The third-order valence-corrected chi connectivity index (χ3v) is 9.06. The molecule has 0 aliphatic carbocycles. The molecule has 3 heterocycles. The summed E-state index contributed by atoms with van der Waals surface area (Å²) in [7, 11) is 3.50. The van der Waals surface area contributed by atoms with Gasteiger partial charge in [-0.05, 0) is 75.2 Å². The van der Waals surface area contributed by atoms with Crippen molar-refractivity contribution in [1.29, 1.82) is 0 Å². The number of nitrogens with zero attached hydrogens (tertiary/aromatic N) is 4. The summed E-state index contributed by atoms with van der Waals surface area (Å²) in [5.41, 5.74) is 1.77. The van der Waals surface area contributed by atoms with E-state index in [9.17, 15) is 18.8 Å². The molecule has 218 valence electrons. The van der Waals surface area contributed by atoms with Crippen LogP contribution in [0.3, 0.4) is 0 Å². The van der Waals surface area contributed by atoms with E-state index in [1.54, 1.807) is 25.9 Å². The molecule has 1 aromatic heterocycles. The van der Waals surface area contributed by atoms with Crippen LogP contribution in [-0.2, 0) is 11.2 Å². The minimum Gasteiger partial charge on any atom is -0.348 e. The molecule has 2 aliphatic rings. The maximum atomic E-state index is 13.3. The summed E-state index contributed by atoms with van der Waals surface area (Å²) in [5.74, 6) is 0.495. The molecule has 3 atom stereocenters. The van der Waals surface area contributed by atoms with E-state index < -0.39 is 0 Å². The van der Waals surface area contributed by atoms with Gasteiger partial charge in [-0.1, -0.05) is 23.5 Å². The van der Waals surface area contributed by atoms with Crippen LogP contribution in [-0.4, -0.2) is 96.8 Å². The standard InChI is InChI=1S/C29H41FN6O3S/c1-19-27(20(2)37)40-29(31-19)33-28(39)32-25-17-36(18-26(38)34(3)4)13-11-23(25)16-35-12-5-6-22(15-35)14-21-7-9-24(30)10-8-21/h7-10,22-23,25H,5-6,11-18H2,1-4H3,(H2,31,32,33,39)/t22-,23-,25+/m0/s1. The minimum atomic E-state index is -0.354. The average molecular weight is 573 g/mol. The predicted octanol–water partition coefficient (Wildman–Crippen LogP) is 3.65. The van der Waals surface area contributed by atoms with Gasteiger partial charge in [-0.2, -0.15) is 0 Å². The number of likely N-dealkylation sites (N-methyl/N-ethyl adjacent to an activating group) is 1. The number of amides is 3. The van der Waals surface area contributed by atoms with Crippen LogP contribution in [0.5, 0.6) is 0 Å². The van der Waals surface area contributed by atoms with Crippen LogP contribution in [0.4, 0.5) is 14.3 Å². The van der Waals surface area contributed by atoms with Crippen molar-refractivity contribution in [2.45, 2.75) is 45.6 Å². The zero-order chi connectivity index (χ0) is 28.8. The van der Waals surface area contributed by atoms with E-state index in [-0.39, 0.29) is 35.5 Å². The Hall–Kier alpha value is -2.89. The van der Waals surface area contributed by atoms with Gasteiger partial charge in [0.05, 0.1) is 17.1 Å². The fraction of sp³-hybridized carbons (Fsp3) is 0.586. The molecule has 2 fully saturated rings. The lowest BCUT2D eigenvalue weighted by Crippen LogP contribution is -2.57. The number of nitrogens with one attached hydrogen (secondary N) is 2. The van der Waals surface area contributed by atoms with Gasteiger partial charge in [0.2, 0.25) is 5.91 Å². The Balaban J connectivity index is 1.40. The highest BCUT2D eigenvalue weighted by atomic mass is 32.1. The number of Topliss-reactive ketones (excluding diaryl/α,β-unsaturated/α-hetero) is 1. The summed E-state index contributed by atoms with van der Waals surface area (Å²) in [5, 5.41) is 6.36. The van der Waals surface area contributed by atoms with Gasteiger partial charge in [0.15, 0.2) is 10.9 Å². The van der Waals surface area contributed by atoms with Crippen molar-refractivity contribution >= 4 is 34.2 Å². The molecule has 11 heteroatoms. The van der Waals surface area contributed by atoms with Crippen molar-refractivity contribution in [3.8, 4) is 0 Å². The number of aromatic nitrogens is 1. The Morgan fingerprint density at radius 3 is 2.52 bits per heavy atom. The molecule has 2 aliphatic heterocycles. The number of carbonyl (C=O) groups excluding carboxylic acids is 3. The first-order valence-corrected chi connectivity index (χ1v) is 14.8. The number of benzene rings is 1. The number of thiazole rings is 1. The van der Waals surface area contributed by atoms with Crippen LogP contribution < -0.4 is 10.6 Å². The van der Waals surface area contributed by atoms with Crippen molar-refractivity contribution < 1.29 is 18.8 Å². The second-order valence-electron chi connectivity index (χ2n) is 11.4. The molecule has 40 heavy (non-hydrogen) atoms. The number of hydrogen-bond acceptors (Lipinski definition) is 7. The van der Waals surface area contributed by atoms with E-state index in [0.29, 0.717) is 34.7 Å². The monoisotopic (exact) mass is 572 g/mol. The van der Waals surface area contributed by atoms with E-state index in [2.05, 4.69) is 25.4 Å². The fourth-order valence-electron chi connectivity index (χ4n) is 5.77. The van der Waals surface area contributed by atoms with Gasteiger partial charge in [-0.3, -0.25) is 19.8 Å². The van der Waals surface area contributed by atoms with Gasteiger partial charge in [0.1, 0.15) is 5.82 Å². The largest absolute Gasteiger partial charge is 0.348 e. The Morgan fingerprint density at radius 1 is 1.10 bits per heavy atom. The maximum Gasteiger partial charge on any atom is 0.321 e. The Labute approximate surface area is 240 Å². The van der Waals surface area contributed by atoms with Gasteiger partial charge in [-0.15, -0.1) is 0 Å². The lowest BCUT2D eigenvalue weighted by Gasteiger charge is -2.42. The molecular weight excluding hydrogens is 531 g/mol. The summed E-state index contributed by atoms with van der Waals surface area (Å²) in [4.78, 5) is 48.3. The van der Waals surface area contributed by atoms with Crippen LogP contribution in [0.1, 0.15) is 47.1 Å². The smallest absolute Gasteiger partial charge is 0.321 e. The maximum absolute atomic E-state index is 13.3. The normalized spacial score (nSPS) is 22.1. The van der Waals surface area contributed by atoms with Gasteiger partial charge >= 0.3 is 6.03 Å². The number of rotatable bonds is 9. The van der Waals surface area contributed by atoms with Gasteiger partial charge in [0.25, 0.3) is 0 Å². The summed E-state index contributed by atoms with van der Waals surface area (Å²) >= 11 is 1.18. The molecule has 0 spiro atoms. The highest BCUT2D eigenvalue weighted by Gasteiger charge is 2.34. The Bertz CT molecular complexity index is 1190. The molecule has 0 saturated carbocycles. The quantitative estimate of drug-likeness (QED) is 0.446. The number of ketones is 1. The first-order valence-electron chi connectivity index (χ1n) is 14.0. The lowest BCUT2D eigenvalue weighted by atomic mass is 9.87. The molecular formula is C29H41FN6O3S. The van der Waals surface area contributed by atoms with E-state index in [1.165, 1.54) is 30.4 Å². The van der Waals surface area contributed by atoms with Gasteiger partial charge in [-0.25, -0.2) is 14.2 Å². The predicted molar refractivity (Wildman–Crippen MR) is 155 cm³/mol. The number of anilines is 1. The highest BCUT2D eigenvalue weighted by Crippen LogP contribution is 2.26. The van der Waals surface area contributed by atoms with Crippen molar-refractivity contribution in [2.75, 3.05) is 58.7 Å². The van der Waals surface area contributed by atoms with Crippen LogP contribution >= 0.6 is 11.3 Å². The summed E-state index contributed by atoms with van der Waals surface area (Å²) < 4.78 is 13.3. The van der Waals surface area contributed by atoms with Crippen molar-refractivity contribution in [1.82, 2.24) is 25.0 Å². The number of aryl methyl sites for hydroxylation is 1. The van der Waals surface area contributed by atoms with E-state index in [4.69, 9.17) is 0 Å². The second kappa shape index (κ2) is 13.6. The Morgan fingerprint density at radius 2 is 1.85 bits per heavy atom. The molecule has 2 saturated heterocycles. The Kier molecular flexibility index (Phi) is 10.3. The van der Waals surface area contributed by atoms with Crippen LogP contribution in [0.15, 0.2) is 24.3 Å². The number of carbonyl (C=O) groups is 3. The molecule has 1 aromatic carbocycles. The molecule has 0 radical (unpaired) electrons. The zero-order valence-corrected chi connectivity index (χ0v) is 24.7. The molecule has 3 amide bonds. The second-order valence-corrected chi connectivity index (χ2v) is 12.4. The number of urea groups is 1. The minimum absolute atomic E-state index is 0.0383. The van der Waals surface area contributed by atoms with E-state index in [1.807, 2.05) is 12.1 Å². The first-order chi connectivity index (χ1) is 19.1. The highest BCUT2D eigenvalue weighted by molar-refractivity contribution is 7.17. The fourth-order valence-corrected chi connectivity index (χ4v) is 6.63. The summed E-state index contributed by atoms with van der Waals surface area (Å²) in [6.45, 7) is 7.80. The summed E-state index contributed by atoms with van der Waals surface area (Å²) in [6, 6.07) is 6.31. The van der Waals surface area contributed by atoms with Crippen molar-refractivity contribution in [3.63, 3.8) is 0 Å². The summed E-state index contributed by atoms with van der Waals surface area (Å²) in [6.07, 6.45) is 4.07. The topological polar surface area (TPSA) is 97.9 Å². The van der Waals surface area contributed by atoms with Crippen molar-refractivity contribution in [2.24, 2.45) is 11.8 Å². The number of piperidine rings is 2. The number of likely N-dealkylation sites (tertiary alicyclic amines) is 2. The third kappa shape index (κ3) is 8.31. The molecule has 4 rings (SSSR count). The molecule has 0 unspecified atom stereocenters. The lowest BCUT2D eigenvalue weighted by molar-refractivity contribution is -0.130. The average Bonchev–Trinajstić information content (AvgIpc) is 3.27. The molecule has 9 nitrogen and oxygen atoms in total.